The van der Waals surface area contributed by atoms with Gasteiger partial charge in [0.1, 0.15) is 5.75 Å². The minimum atomic E-state index is -4.90. The summed E-state index contributed by atoms with van der Waals surface area (Å²) < 4.78 is 59.2. The Morgan fingerprint density at radius 1 is 0.750 bits per heavy atom. The summed E-state index contributed by atoms with van der Waals surface area (Å²) in [5.41, 5.74) is 0. The van der Waals surface area contributed by atoms with Crippen molar-refractivity contribution in [3.05, 3.63) is 30.3 Å². The van der Waals surface area contributed by atoms with Crippen LogP contribution in [0.25, 0.3) is 0 Å². The summed E-state index contributed by atoms with van der Waals surface area (Å²) in [6.45, 7) is 7.29. The highest BCUT2D eigenvalue weighted by molar-refractivity contribution is 7.87. The zero-order chi connectivity index (χ0) is 23.9. The lowest BCUT2D eigenvalue weighted by Gasteiger charge is -2.45. The maximum atomic E-state index is 12.7. The number of ether oxygens (including phenoxy) is 4. The molecule has 1 rings (SSSR count). The molecule has 0 bridgehead atoms. The second kappa shape index (κ2) is 14.9. The molecule has 0 fully saturated rings. The predicted octanol–water partition coefficient (Wildman–Crippen LogP) is 5.94. The van der Waals surface area contributed by atoms with Crippen LogP contribution in [0.4, 0.5) is 0 Å². The third-order valence-electron chi connectivity index (χ3n) is 5.24. The Balaban J connectivity index is 3.23. The van der Waals surface area contributed by atoms with Crippen molar-refractivity contribution in [3.63, 3.8) is 0 Å². The summed E-state index contributed by atoms with van der Waals surface area (Å²) in [7, 11) is -4.90. The van der Waals surface area contributed by atoms with Crippen LogP contribution in [0.5, 0.6) is 5.75 Å². The molecule has 1 unspecified atom stereocenters. The first-order valence-electron chi connectivity index (χ1n) is 11.9. The molecule has 0 aromatic heterocycles. The largest absolute Gasteiger partial charge is 0.455 e. The Kier molecular flexibility index (Phi) is 13.4. The first-order chi connectivity index (χ1) is 15.3. The van der Waals surface area contributed by atoms with E-state index in [4.69, 9.17) is 18.9 Å². The van der Waals surface area contributed by atoms with Crippen molar-refractivity contribution in [3.8, 4) is 5.75 Å². The molecule has 0 aliphatic carbocycles. The minimum absolute atomic E-state index is 0.0236. The third kappa shape index (κ3) is 7.99. The van der Waals surface area contributed by atoms with Crippen molar-refractivity contribution in [1.82, 2.24) is 0 Å². The van der Waals surface area contributed by atoms with Gasteiger partial charge >= 0.3 is 15.2 Å². The van der Waals surface area contributed by atoms with Gasteiger partial charge in [0.25, 0.3) is 5.79 Å². The van der Waals surface area contributed by atoms with E-state index in [-0.39, 0.29) is 26.2 Å². The SMILES string of the molecule is CCCCCCCCCCC(OCC)(Oc1ccccc1)C(OCC)(OCC)S(=O)(=O)O. The standard InChI is InChI=1S/C24H42O7S/c1-5-9-10-11-12-13-14-18-21-23(28-6-2,31-22-19-16-15-17-20-22)24(29-7-3,30-8-4)32(25,26)27/h15-17,19-20H,5-14,18,21H2,1-4H3,(H,25,26,27). The molecule has 186 valence electrons. The second-order valence-corrected chi connectivity index (χ2v) is 9.21. The van der Waals surface area contributed by atoms with Gasteiger partial charge in [-0.25, -0.2) is 0 Å². The highest BCUT2D eigenvalue weighted by Crippen LogP contribution is 2.42. The van der Waals surface area contributed by atoms with E-state index in [2.05, 4.69) is 6.92 Å². The Labute approximate surface area is 194 Å². The van der Waals surface area contributed by atoms with Gasteiger partial charge in [0.2, 0.25) is 0 Å². The Hall–Kier alpha value is -1.19. The monoisotopic (exact) mass is 474 g/mol. The first-order valence-corrected chi connectivity index (χ1v) is 13.4. The molecule has 0 saturated heterocycles. The molecule has 0 amide bonds. The van der Waals surface area contributed by atoms with Crippen molar-refractivity contribution in [2.45, 2.75) is 96.4 Å². The molecule has 32 heavy (non-hydrogen) atoms. The highest BCUT2D eigenvalue weighted by Gasteiger charge is 2.66. The molecule has 0 radical (unpaired) electrons. The van der Waals surface area contributed by atoms with Gasteiger partial charge in [0.05, 0.1) is 0 Å². The first kappa shape index (κ1) is 28.8. The molecule has 0 heterocycles. The van der Waals surface area contributed by atoms with Crippen molar-refractivity contribution < 1.29 is 31.9 Å². The summed E-state index contributed by atoms with van der Waals surface area (Å²) >= 11 is 0. The molecule has 0 spiro atoms. The molecule has 0 saturated carbocycles. The normalized spacial score (nSPS) is 14.3. The van der Waals surface area contributed by atoms with Crippen LogP contribution in [-0.4, -0.2) is 43.7 Å². The van der Waals surface area contributed by atoms with E-state index < -0.39 is 21.0 Å². The Morgan fingerprint density at radius 2 is 1.25 bits per heavy atom. The van der Waals surface area contributed by atoms with Gasteiger partial charge < -0.3 is 18.9 Å². The van der Waals surface area contributed by atoms with E-state index in [9.17, 15) is 13.0 Å². The Morgan fingerprint density at radius 3 is 1.72 bits per heavy atom. The van der Waals surface area contributed by atoms with Crippen molar-refractivity contribution in [2.75, 3.05) is 19.8 Å². The lowest BCUT2D eigenvalue weighted by molar-refractivity contribution is -0.349. The van der Waals surface area contributed by atoms with E-state index in [1.807, 2.05) is 6.07 Å². The van der Waals surface area contributed by atoms with Crippen LogP contribution >= 0.6 is 0 Å². The van der Waals surface area contributed by atoms with Crippen molar-refractivity contribution in [1.29, 1.82) is 0 Å². The van der Waals surface area contributed by atoms with Crippen molar-refractivity contribution >= 4 is 10.1 Å². The Bertz CT molecular complexity index is 702. The molecule has 1 N–H and O–H groups in total. The van der Waals surface area contributed by atoms with Gasteiger partial charge in [-0.05, 0) is 39.3 Å². The van der Waals surface area contributed by atoms with E-state index in [0.29, 0.717) is 12.2 Å². The summed E-state index contributed by atoms with van der Waals surface area (Å²) in [5.74, 6) is -1.49. The van der Waals surface area contributed by atoms with Gasteiger partial charge in [0, 0.05) is 26.2 Å². The average molecular weight is 475 g/mol. The number of benzene rings is 1. The topological polar surface area (TPSA) is 91.3 Å². The lowest BCUT2D eigenvalue weighted by atomic mass is 10.0. The van der Waals surface area contributed by atoms with Crippen LogP contribution in [-0.2, 0) is 24.3 Å². The van der Waals surface area contributed by atoms with Crippen LogP contribution in [0, 0.1) is 0 Å². The van der Waals surface area contributed by atoms with E-state index >= 15 is 0 Å². The number of hydrogen-bond donors (Lipinski definition) is 1. The molecule has 1 aromatic rings. The molecule has 1 atom stereocenters. The minimum Gasteiger partial charge on any atom is -0.455 e. The maximum Gasteiger partial charge on any atom is 0.367 e. The number of para-hydroxylation sites is 1. The van der Waals surface area contributed by atoms with E-state index in [1.54, 1.807) is 45.0 Å². The second-order valence-electron chi connectivity index (χ2n) is 7.72. The summed E-state index contributed by atoms with van der Waals surface area (Å²) in [6.07, 6.45) is 8.70. The summed E-state index contributed by atoms with van der Waals surface area (Å²) in [4.78, 5) is 0. The van der Waals surface area contributed by atoms with Crippen LogP contribution in [0.2, 0.25) is 0 Å². The quantitative estimate of drug-likeness (QED) is 0.151. The molecule has 7 nitrogen and oxygen atoms in total. The average Bonchev–Trinajstić information content (AvgIpc) is 2.75. The van der Waals surface area contributed by atoms with Gasteiger partial charge in [-0.1, -0.05) is 70.1 Å². The maximum absolute atomic E-state index is 12.7. The summed E-state index contributed by atoms with van der Waals surface area (Å²) in [5, 5.41) is -2.52. The van der Waals surface area contributed by atoms with Crippen LogP contribution in [0.15, 0.2) is 30.3 Å². The lowest BCUT2D eigenvalue weighted by Crippen LogP contribution is -2.66. The molecular weight excluding hydrogens is 432 g/mol. The molecule has 0 aliphatic rings. The van der Waals surface area contributed by atoms with Gasteiger partial charge in [0.15, 0.2) is 0 Å². The summed E-state index contributed by atoms with van der Waals surface area (Å²) in [6, 6.07) is 8.79. The van der Waals surface area contributed by atoms with Gasteiger partial charge in [-0.3, -0.25) is 4.55 Å². The zero-order valence-corrected chi connectivity index (χ0v) is 21.0. The smallest absolute Gasteiger partial charge is 0.367 e. The van der Waals surface area contributed by atoms with Crippen LogP contribution < -0.4 is 4.74 Å². The van der Waals surface area contributed by atoms with E-state index in [1.165, 1.54) is 25.7 Å². The van der Waals surface area contributed by atoms with E-state index in [0.717, 1.165) is 19.3 Å². The van der Waals surface area contributed by atoms with Gasteiger partial charge in [-0.2, -0.15) is 8.42 Å². The third-order valence-corrected chi connectivity index (χ3v) is 6.46. The molecule has 8 heteroatoms. The number of rotatable bonds is 19. The molecule has 0 aliphatic heterocycles. The molecule has 1 aromatic carbocycles. The highest BCUT2D eigenvalue weighted by atomic mass is 32.2. The number of hydrogen-bond acceptors (Lipinski definition) is 6. The van der Waals surface area contributed by atoms with Crippen LogP contribution in [0.3, 0.4) is 0 Å². The fourth-order valence-corrected chi connectivity index (χ4v) is 4.98. The molecular formula is C24H42O7S. The predicted molar refractivity (Wildman–Crippen MR) is 126 cm³/mol. The van der Waals surface area contributed by atoms with Crippen molar-refractivity contribution in [2.24, 2.45) is 0 Å². The number of unbranched alkanes of at least 4 members (excludes halogenated alkanes) is 7. The van der Waals surface area contributed by atoms with Gasteiger partial charge in [-0.15, -0.1) is 0 Å². The van der Waals surface area contributed by atoms with Crippen LogP contribution in [0.1, 0.15) is 85.5 Å². The fraction of sp³-hybridized carbons (Fsp3) is 0.750. The fourth-order valence-electron chi connectivity index (χ4n) is 3.85. The zero-order valence-electron chi connectivity index (χ0n) is 20.2.